The summed E-state index contributed by atoms with van der Waals surface area (Å²) in [5.41, 5.74) is 1.62. The van der Waals surface area contributed by atoms with Crippen LogP contribution in [0.2, 0.25) is 0 Å². The smallest absolute Gasteiger partial charge is 0.341 e. The summed E-state index contributed by atoms with van der Waals surface area (Å²) in [6, 6.07) is 8.57. The number of aromatic carboxylic acids is 1. The van der Waals surface area contributed by atoms with Crippen LogP contribution in [0.15, 0.2) is 30.3 Å². The second-order valence-electron chi connectivity index (χ2n) is 4.12. The molecule has 0 unspecified atom stereocenters. The summed E-state index contributed by atoms with van der Waals surface area (Å²) in [6.07, 6.45) is 0. The van der Waals surface area contributed by atoms with Gasteiger partial charge in [-0.15, -0.1) is 0 Å². The van der Waals surface area contributed by atoms with Crippen molar-refractivity contribution >= 4 is 5.97 Å². The first-order valence-corrected chi connectivity index (χ1v) is 5.39. The van der Waals surface area contributed by atoms with Gasteiger partial charge in [-0.05, 0) is 12.5 Å². The number of benzene rings is 1. The summed E-state index contributed by atoms with van der Waals surface area (Å²) in [4.78, 5) is 10.8. The maximum atomic E-state index is 10.8. The highest BCUT2D eigenvalue weighted by Gasteiger charge is 2.19. The van der Waals surface area contributed by atoms with E-state index in [0.717, 1.165) is 21.8 Å². The van der Waals surface area contributed by atoms with Gasteiger partial charge in [-0.1, -0.05) is 29.8 Å². The predicted molar refractivity (Wildman–Crippen MR) is 65.0 cm³/mol. The first-order valence-electron chi connectivity index (χ1n) is 5.39. The fourth-order valence-corrected chi connectivity index (χ4v) is 1.83. The van der Waals surface area contributed by atoms with Gasteiger partial charge in [0.25, 0.3) is 0 Å². The Morgan fingerprint density at radius 1 is 1.28 bits per heavy atom. The lowest BCUT2D eigenvalue weighted by atomic mass is 10.1. The van der Waals surface area contributed by atoms with Gasteiger partial charge in [0.15, 0.2) is 5.88 Å². The molecule has 5 heteroatoms. The summed E-state index contributed by atoms with van der Waals surface area (Å²) >= 11 is 0. The van der Waals surface area contributed by atoms with Crippen molar-refractivity contribution in [3.8, 4) is 11.8 Å². The van der Waals surface area contributed by atoms with Crippen molar-refractivity contribution in [1.29, 1.82) is 0 Å². The van der Waals surface area contributed by atoms with Crippen molar-refractivity contribution in [3.05, 3.63) is 47.0 Å². The number of nitrogens with zero attached hydrogens (tertiary/aromatic N) is 1. The molecule has 1 aromatic heterocycles. The average molecular weight is 247 g/mol. The standard InChI is InChI=1S/C13H13NO4/c1-8-3-2-4-9(5-8)7-14-11(15)6-10(12(14)16)13(17)18/h2-6,15-16H,7H2,1H3,(H,17,18). The fraction of sp³-hybridized carbons (Fsp3) is 0.154. The Morgan fingerprint density at radius 3 is 2.56 bits per heavy atom. The molecule has 0 aliphatic rings. The number of carboxylic acid groups (broad SMARTS) is 1. The summed E-state index contributed by atoms with van der Waals surface area (Å²) in [5, 5.41) is 28.2. The third-order valence-corrected chi connectivity index (χ3v) is 2.70. The lowest BCUT2D eigenvalue weighted by molar-refractivity contribution is 0.0693. The van der Waals surface area contributed by atoms with Crippen LogP contribution in [0.1, 0.15) is 21.5 Å². The molecule has 0 saturated carbocycles. The Morgan fingerprint density at radius 2 is 2.00 bits per heavy atom. The minimum atomic E-state index is -1.27. The van der Waals surface area contributed by atoms with Crippen molar-refractivity contribution in [1.82, 2.24) is 4.57 Å². The van der Waals surface area contributed by atoms with Crippen molar-refractivity contribution in [2.24, 2.45) is 0 Å². The van der Waals surface area contributed by atoms with Crippen LogP contribution in [0.3, 0.4) is 0 Å². The van der Waals surface area contributed by atoms with Crippen LogP contribution in [-0.2, 0) is 6.54 Å². The molecule has 1 aromatic carbocycles. The third-order valence-electron chi connectivity index (χ3n) is 2.70. The van der Waals surface area contributed by atoms with Crippen molar-refractivity contribution in [2.75, 3.05) is 0 Å². The number of carbonyl (C=O) groups is 1. The van der Waals surface area contributed by atoms with E-state index in [2.05, 4.69) is 0 Å². The normalized spacial score (nSPS) is 10.5. The summed E-state index contributed by atoms with van der Waals surface area (Å²) in [6.45, 7) is 2.15. The molecule has 0 saturated heterocycles. The molecule has 18 heavy (non-hydrogen) atoms. The number of hydrogen-bond acceptors (Lipinski definition) is 3. The van der Waals surface area contributed by atoms with Crippen LogP contribution in [0.25, 0.3) is 0 Å². The Kier molecular flexibility index (Phi) is 2.97. The summed E-state index contributed by atoms with van der Waals surface area (Å²) in [7, 11) is 0. The van der Waals surface area contributed by atoms with Gasteiger partial charge in [0.05, 0.1) is 6.54 Å². The SMILES string of the molecule is Cc1cccc(Cn2c(O)cc(C(=O)O)c2O)c1. The number of carboxylic acids is 1. The number of hydrogen-bond donors (Lipinski definition) is 3. The van der Waals surface area contributed by atoms with Crippen molar-refractivity contribution in [2.45, 2.75) is 13.5 Å². The molecular formula is C13H13NO4. The molecule has 1 heterocycles. The zero-order chi connectivity index (χ0) is 13.3. The molecule has 0 spiro atoms. The van der Waals surface area contributed by atoms with Crippen LogP contribution >= 0.6 is 0 Å². The van der Waals surface area contributed by atoms with Gasteiger partial charge < -0.3 is 15.3 Å². The molecule has 5 nitrogen and oxygen atoms in total. The zero-order valence-electron chi connectivity index (χ0n) is 9.79. The van der Waals surface area contributed by atoms with E-state index in [1.54, 1.807) is 0 Å². The summed E-state index contributed by atoms with van der Waals surface area (Å²) < 4.78 is 1.15. The largest absolute Gasteiger partial charge is 0.494 e. The van der Waals surface area contributed by atoms with Crippen LogP contribution in [-0.4, -0.2) is 25.9 Å². The number of rotatable bonds is 3. The van der Waals surface area contributed by atoms with E-state index in [0.29, 0.717) is 0 Å². The average Bonchev–Trinajstić information content (AvgIpc) is 2.57. The van der Waals surface area contributed by atoms with Gasteiger partial charge in [-0.3, -0.25) is 4.57 Å². The molecule has 2 aromatic rings. The maximum absolute atomic E-state index is 10.8. The Hall–Kier alpha value is -2.43. The van der Waals surface area contributed by atoms with E-state index in [-0.39, 0.29) is 18.0 Å². The molecule has 0 aliphatic heterocycles. The molecule has 0 atom stereocenters. The molecular weight excluding hydrogens is 234 g/mol. The Bertz CT molecular complexity index is 601. The van der Waals surface area contributed by atoms with Crippen LogP contribution in [0, 0.1) is 6.92 Å². The first kappa shape index (κ1) is 12.0. The van der Waals surface area contributed by atoms with Crippen LogP contribution < -0.4 is 0 Å². The predicted octanol–water partition coefficient (Wildman–Crippen LogP) is 1.95. The molecule has 3 N–H and O–H groups in total. The second kappa shape index (κ2) is 4.44. The van der Waals surface area contributed by atoms with E-state index in [1.165, 1.54) is 0 Å². The minimum absolute atomic E-state index is 0.215. The Balaban J connectivity index is 2.38. The van der Waals surface area contributed by atoms with Gasteiger partial charge in [-0.2, -0.15) is 0 Å². The highest BCUT2D eigenvalue weighted by Crippen LogP contribution is 2.28. The molecule has 0 aliphatic carbocycles. The van der Waals surface area contributed by atoms with Crippen molar-refractivity contribution in [3.63, 3.8) is 0 Å². The molecule has 0 amide bonds. The van der Waals surface area contributed by atoms with Gasteiger partial charge in [0.2, 0.25) is 5.88 Å². The summed E-state index contributed by atoms with van der Waals surface area (Å²) in [5.74, 6) is -1.99. The van der Waals surface area contributed by atoms with Crippen molar-refractivity contribution < 1.29 is 20.1 Å². The number of aromatic hydroxyl groups is 2. The first-order chi connectivity index (χ1) is 8.49. The Labute approximate surface area is 104 Å². The lowest BCUT2D eigenvalue weighted by Crippen LogP contribution is -2.00. The number of aryl methyl sites for hydroxylation is 1. The van der Waals surface area contributed by atoms with E-state index < -0.39 is 11.8 Å². The molecule has 0 bridgehead atoms. The monoisotopic (exact) mass is 247 g/mol. The third kappa shape index (κ3) is 2.15. The quantitative estimate of drug-likeness (QED) is 0.774. The van der Waals surface area contributed by atoms with E-state index in [9.17, 15) is 15.0 Å². The van der Waals surface area contributed by atoms with Gasteiger partial charge in [0, 0.05) is 6.07 Å². The maximum Gasteiger partial charge on any atom is 0.341 e. The van der Waals surface area contributed by atoms with Crippen LogP contribution in [0.4, 0.5) is 0 Å². The molecule has 0 fully saturated rings. The molecule has 0 radical (unpaired) electrons. The van der Waals surface area contributed by atoms with Gasteiger partial charge in [0.1, 0.15) is 5.56 Å². The zero-order valence-corrected chi connectivity index (χ0v) is 9.79. The van der Waals surface area contributed by atoms with E-state index in [1.807, 2.05) is 31.2 Å². The molecule has 94 valence electrons. The minimum Gasteiger partial charge on any atom is -0.494 e. The highest BCUT2D eigenvalue weighted by atomic mass is 16.4. The van der Waals surface area contributed by atoms with Gasteiger partial charge >= 0.3 is 5.97 Å². The topological polar surface area (TPSA) is 82.7 Å². The van der Waals surface area contributed by atoms with E-state index in [4.69, 9.17) is 5.11 Å². The molecule has 2 rings (SSSR count). The lowest BCUT2D eigenvalue weighted by Gasteiger charge is -2.07. The second-order valence-corrected chi connectivity index (χ2v) is 4.12. The van der Waals surface area contributed by atoms with Gasteiger partial charge in [-0.25, -0.2) is 4.79 Å². The fourth-order valence-electron chi connectivity index (χ4n) is 1.83. The highest BCUT2D eigenvalue weighted by molar-refractivity contribution is 5.91. The van der Waals surface area contributed by atoms with Crippen LogP contribution in [0.5, 0.6) is 11.8 Å². The number of aromatic nitrogens is 1. The van der Waals surface area contributed by atoms with E-state index >= 15 is 0 Å².